The Labute approximate surface area is 101 Å². The minimum Gasteiger partial charge on any atom is -0.290 e. The standard InChI is InChI=1S/C14H26N2/c1-5-8-11-14(4)15-16(12-9-6-2)13-10-7-3/h6-7,9-10H,5,8,11-13H2,1-4H3/b9-6-,10-7+,15-14+. The summed E-state index contributed by atoms with van der Waals surface area (Å²) in [6.45, 7) is 10.2. The highest BCUT2D eigenvalue weighted by atomic mass is 15.4. The Balaban J connectivity index is 4.25. The molecule has 0 heterocycles. The first-order valence-corrected chi connectivity index (χ1v) is 6.25. The van der Waals surface area contributed by atoms with Gasteiger partial charge in [0.2, 0.25) is 0 Å². The van der Waals surface area contributed by atoms with Gasteiger partial charge in [0.15, 0.2) is 0 Å². The summed E-state index contributed by atoms with van der Waals surface area (Å²) in [7, 11) is 0. The second-order valence-electron chi connectivity index (χ2n) is 3.95. The highest BCUT2D eigenvalue weighted by Gasteiger charge is 1.97. The SMILES string of the molecule is C/C=C\CN(C/C=C/C)/N=C(\C)CCCC. The van der Waals surface area contributed by atoms with Crippen molar-refractivity contribution in [2.24, 2.45) is 5.10 Å². The Hall–Kier alpha value is -1.05. The molecule has 0 atom stereocenters. The Morgan fingerprint density at radius 2 is 1.69 bits per heavy atom. The highest BCUT2D eigenvalue weighted by molar-refractivity contribution is 5.81. The zero-order chi connectivity index (χ0) is 12.2. The van der Waals surface area contributed by atoms with Crippen LogP contribution in [-0.2, 0) is 0 Å². The van der Waals surface area contributed by atoms with Crippen molar-refractivity contribution < 1.29 is 0 Å². The van der Waals surface area contributed by atoms with Gasteiger partial charge in [0.25, 0.3) is 0 Å². The molecule has 2 heteroatoms. The molecule has 0 aliphatic heterocycles. The van der Waals surface area contributed by atoms with E-state index in [1.54, 1.807) is 0 Å². The monoisotopic (exact) mass is 222 g/mol. The van der Waals surface area contributed by atoms with Gasteiger partial charge in [0, 0.05) is 5.71 Å². The number of hydrazone groups is 1. The summed E-state index contributed by atoms with van der Waals surface area (Å²) < 4.78 is 0. The Kier molecular flexibility index (Phi) is 9.78. The van der Waals surface area contributed by atoms with Crippen molar-refractivity contribution >= 4 is 5.71 Å². The molecule has 0 saturated carbocycles. The zero-order valence-corrected chi connectivity index (χ0v) is 11.2. The number of nitrogens with zero attached hydrogens (tertiary/aromatic N) is 2. The van der Waals surface area contributed by atoms with Gasteiger partial charge in [-0.2, -0.15) is 5.10 Å². The number of rotatable bonds is 8. The molecular weight excluding hydrogens is 196 g/mol. The van der Waals surface area contributed by atoms with E-state index in [0.29, 0.717) is 0 Å². The molecule has 2 nitrogen and oxygen atoms in total. The fraction of sp³-hybridized carbons (Fsp3) is 0.643. The van der Waals surface area contributed by atoms with Gasteiger partial charge < -0.3 is 0 Å². The number of hydrogen-bond donors (Lipinski definition) is 0. The first-order chi connectivity index (χ1) is 7.74. The molecule has 0 aromatic rings. The molecule has 0 aliphatic rings. The molecule has 0 spiro atoms. The van der Waals surface area contributed by atoms with Crippen LogP contribution in [0.2, 0.25) is 0 Å². The van der Waals surface area contributed by atoms with E-state index in [0.717, 1.165) is 19.5 Å². The first kappa shape index (κ1) is 14.9. The summed E-state index contributed by atoms with van der Waals surface area (Å²) in [5.74, 6) is 0. The van der Waals surface area contributed by atoms with E-state index >= 15 is 0 Å². The van der Waals surface area contributed by atoms with Crippen LogP contribution in [0.25, 0.3) is 0 Å². The second-order valence-corrected chi connectivity index (χ2v) is 3.95. The molecule has 0 aromatic heterocycles. The summed E-state index contributed by atoms with van der Waals surface area (Å²) >= 11 is 0. The van der Waals surface area contributed by atoms with E-state index in [1.165, 1.54) is 18.6 Å². The number of allylic oxidation sites excluding steroid dienone is 2. The molecular formula is C14H26N2. The zero-order valence-electron chi connectivity index (χ0n) is 11.2. The Bertz CT molecular complexity index is 225. The summed E-state index contributed by atoms with van der Waals surface area (Å²) in [6.07, 6.45) is 12.0. The minimum atomic E-state index is 0.893. The van der Waals surface area contributed by atoms with Crippen molar-refractivity contribution in [2.75, 3.05) is 13.1 Å². The van der Waals surface area contributed by atoms with Crippen LogP contribution in [0.1, 0.15) is 47.0 Å². The fourth-order valence-corrected chi connectivity index (χ4v) is 1.33. The molecule has 92 valence electrons. The van der Waals surface area contributed by atoms with Gasteiger partial charge in [-0.1, -0.05) is 37.6 Å². The van der Waals surface area contributed by atoms with Crippen LogP contribution >= 0.6 is 0 Å². The largest absolute Gasteiger partial charge is 0.290 e. The summed E-state index contributed by atoms with van der Waals surface area (Å²) in [4.78, 5) is 0. The molecule has 0 unspecified atom stereocenters. The van der Waals surface area contributed by atoms with Gasteiger partial charge in [-0.25, -0.2) is 0 Å². The van der Waals surface area contributed by atoms with Crippen LogP contribution < -0.4 is 0 Å². The average Bonchev–Trinajstić information content (AvgIpc) is 2.30. The van der Waals surface area contributed by atoms with E-state index in [-0.39, 0.29) is 0 Å². The smallest absolute Gasteiger partial charge is 0.0544 e. The highest BCUT2D eigenvalue weighted by Crippen LogP contribution is 2.00. The molecule has 0 amide bonds. The van der Waals surface area contributed by atoms with E-state index in [1.807, 2.05) is 13.8 Å². The third-order valence-electron chi connectivity index (χ3n) is 2.31. The fourth-order valence-electron chi connectivity index (χ4n) is 1.33. The maximum Gasteiger partial charge on any atom is 0.0544 e. The molecule has 0 rings (SSSR count). The van der Waals surface area contributed by atoms with Gasteiger partial charge in [-0.3, -0.25) is 5.01 Å². The van der Waals surface area contributed by atoms with Gasteiger partial charge in [-0.15, -0.1) is 0 Å². The molecule has 0 aliphatic carbocycles. The molecule has 16 heavy (non-hydrogen) atoms. The second kappa shape index (κ2) is 10.5. The number of unbranched alkanes of at least 4 members (excludes halogenated alkanes) is 1. The molecule has 0 radical (unpaired) electrons. The molecule has 0 aromatic carbocycles. The van der Waals surface area contributed by atoms with E-state index < -0.39 is 0 Å². The van der Waals surface area contributed by atoms with Crippen LogP contribution in [0.5, 0.6) is 0 Å². The minimum absolute atomic E-state index is 0.893. The lowest BCUT2D eigenvalue weighted by molar-refractivity contribution is 0.354. The predicted molar refractivity (Wildman–Crippen MR) is 73.8 cm³/mol. The third kappa shape index (κ3) is 8.27. The van der Waals surface area contributed by atoms with Crippen LogP contribution in [-0.4, -0.2) is 23.8 Å². The van der Waals surface area contributed by atoms with E-state index in [2.05, 4.69) is 48.3 Å². The van der Waals surface area contributed by atoms with Gasteiger partial charge >= 0.3 is 0 Å². The normalized spacial score (nSPS) is 12.9. The topological polar surface area (TPSA) is 15.6 Å². The van der Waals surface area contributed by atoms with Crippen LogP contribution in [0.15, 0.2) is 29.4 Å². The van der Waals surface area contributed by atoms with Gasteiger partial charge in [-0.05, 0) is 33.6 Å². The maximum atomic E-state index is 4.64. The Morgan fingerprint density at radius 1 is 1.12 bits per heavy atom. The van der Waals surface area contributed by atoms with Gasteiger partial charge in [0.1, 0.15) is 0 Å². The van der Waals surface area contributed by atoms with Crippen molar-refractivity contribution in [3.8, 4) is 0 Å². The van der Waals surface area contributed by atoms with Crippen molar-refractivity contribution in [3.63, 3.8) is 0 Å². The van der Waals surface area contributed by atoms with Gasteiger partial charge in [0.05, 0.1) is 13.1 Å². The summed E-state index contributed by atoms with van der Waals surface area (Å²) in [5, 5.41) is 6.74. The lowest BCUT2D eigenvalue weighted by Gasteiger charge is -2.16. The molecule has 0 N–H and O–H groups in total. The van der Waals surface area contributed by atoms with Crippen molar-refractivity contribution in [1.82, 2.24) is 5.01 Å². The van der Waals surface area contributed by atoms with Crippen molar-refractivity contribution in [1.29, 1.82) is 0 Å². The summed E-state index contributed by atoms with van der Waals surface area (Å²) in [6, 6.07) is 0. The molecule has 0 bridgehead atoms. The van der Waals surface area contributed by atoms with E-state index in [9.17, 15) is 0 Å². The van der Waals surface area contributed by atoms with Crippen LogP contribution in [0.3, 0.4) is 0 Å². The predicted octanol–water partition coefficient (Wildman–Crippen LogP) is 4.01. The first-order valence-electron chi connectivity index (χ1n) is 6.25. The Morgan fingerprint density at radius 3 is 2.12 bits per heavy atom. The molecule has 0 saturated heterocycles. The number of hydrogen-bond acceptors (Lipinski definition) is 2. The van der Waals surface area contributed by atoms with Crippen molar-refractivity contribution in [3.05, 3.63) is 24.3 Å². The maximum absolute atomic E-state index is 4.64. The lowest BCUT2D eigenvalue weighted by atomic mass is 10.2. The average molecular weight is 222 g/mol. The van der Waals surface area contributed by atoms with Crippen LogP contribution in [0.4, 0.5) is 0 Å². The summed E-state index contributed by atoms with van der Waals surface area (Å²) in [5.41, 5.74) is 1.23. The lowest BCUT2D eigenvalue weighted by Crippen LogP contribution is -2.19. The van der Waals surface area contributed by atoms with Crippen molar-refractivity contribution in [2.45, 2.75) is 47.0 Å². The van der Waals surface area contributed by atoms with Crippen LogP contribution in [0, 0.1) is 0 Å². The molecule has 0 fully saturated rings. The third-order valence-corrected chi connectivity index (χ3v) is 2.31. The van der Waals surface area contributed by atoms with E-state index in [4.69, 9.17) is 0 Å². The quantitative estimate of drug-likeness (QED) is 0.344.